The molecule has 2 N–H and O–H groups in total. The lowest BCUT2D eigenvalue weighted by Crippen LogP contribution is -2.65. The van der Waals surface area contributed by atoms with E-state index in [0.29, 0.717) is 23.2 Å². The number of piperazine rings is 2. The van der Waals surface area contributed by atoms with Gasteiger partial charge in [-0.3, -0.25) is 9.69 Å². The van der Waals surface area contributed by atoms with E-state index in [-0.39, 0.29) is 11.7 Å². The summed E-state index contributed by atoms with van der Waals surface area (Å²) in [4.78, 5) is 22.4. The first-order chi connectivity index (χ1) is 17.6. The van der Waals surface area contributed by atoms with Crippen LogP contribution in [0.15, 0.2) is 53.3 Å². The topological polar surface area (TPSA) is 87.6 Å². The lowest BCUT2D eigenvalue weighted by molar-refractivity contribution is 0.0277. The number of nitriles is 1. The molecule has 0 saturated carbocycles. The lowest BCUT2D eigenvalue weighted by Gasteiger charge is -2.51. The quantitative estimate of drug-likeness (QED) is 0.591. The molecular formula is C28H32N6O2. The van der Waals surface area contributed by atoms with Gasteiger partial charge in [0.05, 0.1) is 23.8 Å². The molecule has 6 rings (SSSR count). The van der Waals surface area contributed by atoms with E-state index in [1.165, 1.54) is 11.3 Å². The van der Waals surface area contributed by atoms with Crippen molar-refractivity contribution in [3.8, 4) is 6.07 Å². The van der Waals surface area contributed by atoms with Gasteiger partial charge in [-0.05, 0) is 42.8 Å². The Balaban J connectivity index is 1.22. The van der Waals surface area contributed by atoms with E-state index in [4.69, 9.17) is 4.74 Å². The van der Waals surface area contributed by atoms with Crippen LogP contribution >= 0.6 is 0 Å². The third-order valence-electron chi connectivity index (χ3n) is 7.90. The summed E-state index contributed by atoms with van der Waals surface area (Å²) in [6.07, 6.45) is 0.134. The van der Waals surface area contributed by atoms with Crippen LogP contribution in [-0.2, 0) is 4.74 Å². The highest BCUT2D eigenvalue weighted by Crippen LogP contribution is 2.32. The van der Waals surface area contributed by atoms with Crippen molar-refractivity contribution in [3.05, 3.63) is 70.0 Å². The molecule has 4 heterocycles. The zero-order valence-electron chi connectivity index (χ0n) is 20.6. The second kappa shape index (κ2) is 9.58. The standard InChI is InChI=1S/C28H32N6O2/c1-19-16-33(25-8-4-21(14-29)28-24(25)7-9-27(35)31-28)18-23-17-32(11-12-34(19)23)22-5-2-20(3-6-22)26-15-30-10-13-36-26/h2-9,19,23,26,30H,10-13,15-18H2,1H3,(H,31,35)/t19-,23?,26+/m0/s1. The number of pyridine rings is 1. The summed E-state index contributed by atoms with van der Waals surface area (Å²) in [5.74, 6) is 0. The number of hydrogen-bond donors (Lipinski definition) is 2. The summed E-state index contributed by atoms with van der Waals surface area (Å²) in [6, 6.07) is 19.2. The molecule has 8 heteroatoms. The summed E-state index contributed by atoms with van der Waals surface area (Å²) >= 11 is 0. The van der Waals surface area contributed by atoms with Crippen molar-refractivity contribution in [3.63, 3.8) is 0 Å². The van der Waals surface area contributed by atoms with Crippen LogP contribution in [0.3, 0.4) is 0 Å². The average Bonchev–Trinajstić information content (AvgIpc) is 2.92. The molecule has 3 saturated heterocycles. The highest BCUT2D eigenvalue weighted by Gasteiger charge is 2.36. The minimum Gasteiger partial charge on any atom is -0.371 e. The molecule has 3 atom stereocenters. The van der Waals surface area contributed by atoms with Crippen LogP contribution in [-0.4, -0.2) is 74.4 Å². The van der Waals surface area contributed by atoms with E-state index in [9.17, 15) is 10.1 Å². The molecule has 3 aromatic rings. The maximum atomic E-state index is 12.0. The van der Waals surface area contributed by atoms with Crippen molar-refractivity contribution in [2.24, 2.45) is 0 Å². The van der Waals surface area contributed by atoms with Gasteiger partial charge in [-0.25, -0.2) is 0 Å². The molecular weight excluding hydrogens is 452 g/mol. The summed E-state index contributed by atoms with van der Waals surface area (Å²) in [5, 5.41) is 13.9. The van der Waals surface area contributed by atoms with Crippen molar-refractivity contribution in [2.75, 3.05) is 62.2 Å². The fraction of sp³-hybridized carbons (Fsp3) is 0.429. The van der Waals surface area contributed by atoms with Gasteiger partial charge < -0.3 is 24.8 Å². The Labute approximate surface area is 211 Å². The third-order valence-corrected chi connectivity index (χ3v) is 7.90. The van der Waals surface area contributed by atoms with Crippen LogP contribution in [0.4, 0.5) is 11.4 Å². The van der Waals surface area contributed by atoms with Crippen LogP contribution in [0, 0.1) is 11.3 Å². The number of H-pyrrole nitrogens is 1. The summed E-state index contributed by atoms with van der Waals surface area (Å²) < 4.78 is 5.91. The Morgan fingerprint density at radius 3 is 2.61 bits per heavy atom. The molecule has 0 amide bonds. The summed E-state index contributed by atoms with van der Waals surface area (Å²) in [6.45, 7) is 9.69. The first-order valence-corrected chi connectivity index (χ1v) is 12.8. The lowest BCUT2D eigenvalue weighted by atomic mass is 10.00. The molecule has 1 aromatic heterocycles. The van der Waals surface area contributed by atoms with Gasteiger partial charge in [0.2, 0.25) is 5.56 Å². The average molecular weight is 485 g/mol. The summed E-state index contributed by atoms with van der Waals surface area (Å²) in [7, 11) is 0. The van der Waals surface area contributed by atoms with E-state index in [0.717, 1.165) is 63.5 Å². The second-order valence-corrected chi connectivity index (χ2v) is 10.1. The molecule has 0 radical (unpaired) electrons. The smallest absolute Gasteiger partial charge is 0.248 e. The Bertz CT molecular complexity index is 1340. The molecule has 0 bridgehead atoms. The van der Waals surface area contributed by atoms with Gasteiger partial charge in [0, 0.05) is 80.7 Å². The fourth-order valence-electron chi connectivity index (χ4n) is 6.08. The van der Waals surface area contributed by atoms with E-state index in [1.54, 1.807) is 6.07 Å². The molecule has 186 valence electrons. The van der Waals surface area contributed by atoms with Gasteiger partial charge in [-0.1, -0.05) is 12.1 Å². The predicted octanol–water partition coefficient (Wildman–Crippen LogP) is 2.46. The number of anilines is 2. The third kappa shape index (κ3) is 4.24. The molecule has 36 heavy (non-hydrogen) atoms. The highest BCUT2D eigenvalue weighted by atomic mass is 16.5. The van der Waals surface area contributed by atoms with Crippen molar-refractivity contribution in [2.45, 2.75) is 25.1 Å². The highest BCUT2D eigenvalue weighted by molar-refractivity contribution is 5.95. The van der Waals surface area contributed by atoms with Gasteiger partial charge in [0.15, 0.2) is 0 Å². The van der Waals surface area contributed by atoms with E-state index in [1.807, 2.05) is 18.2 Å². The molecule has 0 spiro atoms. The van der Waals surface area contributed by atoms with Crippen molar-refractivity contribution < 1.29 is 4.74 Å². The van der Waals surface area contributed by atoms with Gasteiger partial charge in [-0.2, -0.15) is 5.26 Å². The number of hydrogen-bond acceptors (Lipinski definition) is 7. The normalized spacial score (nSPS) is 24.9. The van der Waals surface area contributed by atoms with Crippen molar-refractivity contribution in [1.29, 1.82) is 5.26 Å². The van der Waals surface area contributed by atoms with Crippen LogP contribution < -0.4 is 20.7 Å². The Morgan fingerprint density at radius 2 is 1.83 bits per heavy atom. The molecule has 0 aliphatic carbocycles. The van der Waals surface area contributed by atoms with Crippen molar-refractivity contribution in [1.82, 2.24) is 15.2 Å². The molecule has 3 aliphatic heterocycles. The number of ether oxygens (including phenoxy) is 1. The number of aromatic nitrogens is 1. The zero-order valence-corrected chi connectivity index (χ0v) is 20.6. The zero-order chi connectivity index (χ0) is 24.6. The number of rotatable bonds is 3. The number of nitrogens with one attached hydrogen (secondary N) is 2. The number of nitrogens with zero attached hydrogens (tertiary/aromatic N) is 4. The van der Waals surface area contributed by atoms with Gasteiger partial charge in [0.25, 0.3) is 0 Å². The molecule has 3 fully saturated rings. The van der Waals surface area contributed by atoms with E-state index in [2.05, 4.69) is 62.3 Å². The Hall–Kier alpha value is -3.38. The summed E-state index contributed by atoms with van der Waals surface area (Å²) in [5.41, 5.74) is 4.50. The van der Waals surface area contributed by atoms with Crippen LogP contribution in [0.2, 0.25) is 0 Å². The maximum Gasteiger partial charge on any atom is 0.248 e. The molecule has 8 nitrogen and oxygen atoms in total. The second-order valence-electron chi connectivity index (χ2n) is 10.1. The van der Waals surface area contributed by atoms with E-state index >= 15 is 0 Å². The SMILES string of the molecule is C[C@H]1CN(c2ccc(C#N)c3[nH]c(=O)ccc23)CC2CN(c3ccc([C@H]4CNCCO4)cc3)CCN21. The largest absolute Gasteiger partial charge is 0.371 e. The van der Waals surface area contributed by atoms with Gasteiger partial charge in [0.1, 0.15) is 6.07 Å². The van der Waals surface area contributed by atoms with Crippen LogP contribution in [0.25, 0.3) is 10.9 Å². The van der Waals surface area contributed by atoms with Gasteiger partial charge in [-0.15, -0.1) is 0 Å². The van der Waals surface area contributed by atoms with E-state index < -0.39 is 0 Å². The number of fused-ring (bicyclic) bond motifs is 2. The number of morpholine rings is 1. The Morgan fingerprint density at radius 1 is 1.00 bits per heavy atom. The molecule has 2 aromatic carbocycles. The monoisotopic (exact) mass is 484 g/mol. The molecule has 3 aliphatic rings. The van der Waals surface area contributed by atoms with Crippen LogP contribution in [0.1, 0.15) is 24.2 Å². The minimum atomic E-state index is -0.186. The first kappa shape index (κ1) is 23.0. The number of benzene rings is 2. The first-order valence-electron chi connectivity index (χ1n) is 12.8. The Kier molecular flexibility index (Phi) is 6.13. The predicted molar refractivity (Wildman–Crippen MR) is 142 cm³/mol. The maximum absolute atomic E-state index is 12.0. The minimum absolute atomic E-state index is 0.134. The van der Waals surface area contributed by atoms with Crippen molar-refractivity contribution >= 4 is 22.3 Å². The van der Waals surface area contributed by atoms with Crippen LogP contribution in [0.5, 0.6) is 0 Å². The van der Waals surface area contributed by atoms with Gasteiger partial charge >= 0.3 is 0 Å². The fourth-order valence-corrected chi connectivity index (χ4v) is 6.08. The molecule has 1 unspecified atom stereocenters. The number of aromatic amines is 1.